The first-order chi connectivity index (χ1) is 16.3. The molecule has 1 N–H and O–H groups in total. The third-order valence-corrected chi connectivity index (χ3v) is 5.30. The van der Waals surface area contributed by atoms with Crippen LogP contribution in [0.25, 0.3) is 0 Å². The third-order valence-electron chi connectivity index (χ3n) is 4.44. The molecule has 10 heteroatoms. The van der Waals surface area contributed by atoms with Crippen molar-refractivity contribution in [1.29, 1.82) is 0 Å². The molecule has 0 aliphatic rings. The van der Waals surface area contributed by atoms with Gasteiger partial charge in [-0.2, -0.15) is 5.10 Å². The first kappa shape index (κ1) is 25.4. The fourth-order valence-electron chi connectivity index (χ4n) is 2.71. The summed E-state index contributed by atoms with van der Waals surface area (Å²) in [4.78, 5) is 24.7. The standard InChI is InChI=1S/C24H19Cl3N2O5/c1-14(33-20-10-8-16(25)12-19(20)27)23(30)29-28-13-15-7-9-21(22(11-15)32-2)34-24(31)17-5-3-4-6-18(17)26/h3-14H,1-2H3,(H,29,30)/b28-13-/t14-/m1/s1. The zero-order valence-corrected chi connectivity index (χ0v) is 20.3. The van der Waals surface area contributed by atoms with Gasteiger partial charge in [0.25, 0.3) is 5.91 Å². The number of halogens is 3. The summed E-state index contributed by atoms with van der Waals surface area (Å²) >= 11 is 18.0. The monoisotopic (exact) mass is 520 g/mol. The normalized spacial score (nSPS) is 11.7. The van der Waals surface area contributed by atoms with Crippen LogP contribution < -0.4 is 19.6 Å². The fraction of sp³-hybridized carbons (Fsp3) is 0.125. The van der Waals surface area contributed by atoms with Crippen molar-refractivity contribution in [3.05, 3.63) is 86.9 Å². The molecule has 0 saturated carbocycles. The number of amides is 1. The van der Waals surface area contributed by atoms with Gasteiger partial charge in [-0.15, -0.1) is 0 Å². The van der Waals surface area contributed by atoms with Gasteiger partial charge >= 0.3 is 5.97 Å². The lowest BCUT2D eigenvalue weighted by molar-refractivity contribution is -0.127. The van der Waals surface area contributed by atoms with E-state index in [0.717, 1.165) is 0 Å². The summed E-state index contributed by atoms with van der Waals surface area (Å²) in [6.45, 7) is 1.56. The van der Waals surface area contributed by atoms with Crippen molar-refractivity contribution in [2.24, 2.45) is 5.10 Å². The van der Waals surface area contributed by atoms with Gasteiger partial charge in [-0.05, 0) is 61.0 Å². The van der Waals surface area contributed by atoms with Crippen LogP contribution in [0.2, 0.25) is 15.1 Å². The van der Waals surface area contributed by atoms with Crippen molar-refractivity contribution in [2.75, 3.05) is 7.11 Å². The number of esters is 1. The van der Waals surface area contributed by atoms with Crippen LogP contribution >= 0.6 is 34.8 Å². The summed E-state index contributed by atoms with van der Waals surface area (Å²) < 4.78 is 16.3. The lowest BCUT2D eigenvalue weighted by atomic mass is 10.2. The zero-order valence-electron chi connectivity index (χ0n) is 18.1. The van der Waals surface area contributed by atoms with E-state index < -0.39 is 18.0 Å². The number of ether oxygens (including phenoxy) is 3. The number of nitrogens with one attached hydrogen (secondary N) is 1. The SMILES string of the molecule is COc1cc(/C=N\NC(=O)[C@@H](C)Oc2ccc(Cl)cc2Cl)ccc1OC(=O)c1ccccc1Cl. The van der Waals surface area contributed by atoms with Gasteiger partial charge in [-0.3, -0.25) is 4.79 Å². The average molecular weight is 522 g/mol. The van der Waals surface area contributed by atoms with Crippen LogP contribution in [0.3, 0.4) is 0 Å². The fourth-order valence-corrected chi connectivity index (χ4v) is 3.37. The maximum Gasteiger partial charge on any atom is 0.345 e. The lowest BCUT2D eigenvalue weighted by Crippen LogP contribution is -2.33. The highest BCUT2D eigenvalue weighted by Crippen LogP contribution is 2.30. The molecule has 0 radical (unpaired) electrons. The second-order valence-electron chi connectivity index (χ2n) is 6.85. The Morgan fingerprint density at radius 2 is 1.68 bits per heavy atom. The molecule has 0 heterocycles. The van der Waals surface area contributed by atoms with Crippen LogP contribution in [0.1, 0.15) is 22.8 Å². The van der Waals surface area contributed by atoms with Gasteiger partial charge in [0.1, 0.15) is 5.75 Å². The molecule has 176 valence electrons. The molecule has 0 unspecified atom stereocenters. The van der Waals surface area contributed by atoms with Crippen molar-refractivity contribution in [3.8, 4) is 17.2 Å². The van der Waals surface area contributed by atoms with E-state index in [0.29, 0.717) is 22.1 Å². The number of hydrogen-bond acceptors (Lipinski definition) is 6. The van der Waals surface area contributed by atoms with Gasteiger partial charge in [0.15, 0.2) is 17.6 Å². The third kappa shape index (κ3) is 6.63. The Hall–Kier alpha value is -3.26. The Morgan fingerprint density at radius 1 is 0.941 bits per heavy atom. The van der Waals surface area contributed by atoms with E-state index in [1.54, 1.807) is 61.5 Å². The van der Waals surface area contributed by atoms with Crippen LogP contribution in [-0.4, -0.2) is 31.3 Å². The highest BCUT2D eigenvalue weighted by atomic mass is 35.5. The average Bonchev–Trinajstić information content (AvgIpc) is 2.81. The van der Waals surface area contributed by atoms with Gasteiger partial charge in [-0.25, -0.2) is 10.2 Å². The van der Waals surface area contributed by atoms with Gasteiger partial charge in [-0.1, -0.05) is 46.9 Å². The molecule has 0 aromatic heterocycles. The number of benzene rings is 3. The summed E-state index contributed by atoms with van der Waals surface area (Å²) in [5.74, 6) is -0.281. The first-order valence-electron chi connectivity index (χ1n) is 9.88. The first-order valence-corrected chi connectivity index (χ1v) is 11.0. The topological polar surface area (TPSA) is 86.2 Å². The van der Waals surface area contributed by atoms with Crippen molar-refractivity contribution in [3.63, 3.8) is 0 Å². The van der Waals surface area contributed by atoms with Crippen LogP contribution in [0.5, 0.6) is 17.2 Å². The van der Waals surface area contributed by atoms with Crippen LogP contribution in [0.15, 0.2) is 65.8 Å². The van der Waals surface area contributed by atoms with Crippen molar-refractivity contribution in [1.82, 2.24) is 5.43 Å². The molecule has 7 nitrogen and oxygen atoms in total. The van der Waals surface area contributed by atoms with Crippen molar-refractivity contribution < 1.29 is 23.8 Å². The number of hydrazone groups is 1. The van der Waals surface area contributed by atoms with Gasteiger partial charge < -0.3 is 14.2 Å². The molecular weight excluding hydrogens is 503 g/mol. The molecule has 0 aliphatic carbocycles. The maximum atomic E-state index is 12.4. The lowest BCUT2D eigenvalue weighted by Gasteiger charge is -2.14. The molecule has 1 atom stereocenters. The molecule has 1 amide bonds. The van der Waals surface area contributed by atoms with Crippen LogP contribution in [0.4, 0.5) is 0 Å². The van der Waals surface area contributed by atoms with Crippen LogP contribution in [0, 0.1) is 0 Å². The molecule has 3 aromatic rings. The Kier molecular flexibility index (Phi) is 8.76. The predicted molar refractivity (Wildman–Crippen MR) is 132 cm³/mol. The van der Waals surface area contributed by atoms with Gasteiger partial charge in [0, 0.05) is 5.02 Å². The summed E-state index contributed by atoms with van der Waals surface area (Å²) in [6, 6.07) is 16.0. The predicted octanol–water partition coefficient (Wildman–Crippen LogP) is 5.79. The summed E-state index contributed by atoms with van der Waals surface area (Å²) in [5, 5.41) is 4.95. The van der Waals surface area contributed by atoms with E-state index in [-0.39, 0.29) is 21.4 Å². The smallest absolute Gasteiger partial charge is 0.345 e. The molecule has 0 saturated heterocycles. The van der Waals surface area contributed by atoms with E-state index >= 15 is 0 Å². The Labute approximate surface area is 211 Å². The van der Waals surface area contributed by atoms with E-state index in [1.807, 2.05) is 0 Å². The Balaban J connectivity index is 1.61. The Morgan fingerprint density at radius 3 is 2.38 bits per heavy atom. The molecule has 0 bridgehead atoms. The second-order valence-corrected chi connectivity index (χ2v) is 8.10. The van der Waals surface area contributed by atoms with E-state index in [4.69, 9.17) is 49.0 Å². The van der Waals surface area contributed by atoms with E-state index in [1.165, 1.54) is 19.4 Å². The number of methoxy groups -OCH3 is 1. The molecular formula is C24H19Cl3N2O5. The molecule has 0 aliphatic heterocycles. The second kappa shape index (κ2) is 11.7. The van der Waals surface area contributed by atoms with E-state index in [2.05, 4.69) is 10.5 Å². The molecule has 0 fully saturated rings. The number of hydrogen-bond donors (Lipinski definition) is 1. The number of carbonyl (C=O) groups excluding carboxylic acids is 2. The number of carbonyl (C=O) groups is 2. The van der Waals surface area contributed by atoms with Crippen molar-refractivity contribution in [2.45, 2.75) is 13.0 Å². The minimum absolute atomic E-state index is 0.204. The highest BCUT2D eigenvalue weighted by molar-refractivity contribution is 6.35. The molecule has 3 rings (SSSR count). The van der Waals surface area contributed by atoms with Crippen molar-refractivity contribution >= 4 is 52.9 Å². The molecule has 0 spiro atoms. The van der Waals surface area contributed by atoms with Gasteiger partial charge in [0.05, 0.1) is 28.9 Å². The van der Waals surface area contributed by atoms with E-state index in [9.17, 15) is 9.59 Å². The summed E-state index contributed by atoms with van der Waals surface area (Å²) in [6.07, 6.45) is 0.541. The largest absolute Gasteiger partial charge is 0.493 e. The highest BCUT2D eigenvalue weighted by Gasteiger charge is 2.17. The maximum absolute atomic E-state index is 12.4. The molecule has 3 aromatic carbocycles. The van der Waals surface area contributed by atoms with Crippen LogP contribution in [-0.2, 0) is 4.79 Å². The number of nitrogens with zero attached hydrogens (tertiary/aromatic N) is 1. The summed E-state index contributed by atoms with van der Waals surface area (Å²) in [7, 11) is 1.44. The number of rotatable bonds is 8. The summed E-state index contributed by atoms with van der Waals surface area (Å²) in [5.41, 5.74) is 3.21. The minimum atomic E-state index is -0.864. The zero-order chi connectivity index (χ0) is 24.7. The molecule has 34 heavy (non-hydrogen) atoms. The quantitative estimate of drug-likeness (QED) is 0.175. The van der Waals surface area contributed by atoms with Gasteiger partial charge in [0.2, 0.25) is 0 Å². The Bertz CT molecular complexity index is 1230. The minimum Gasteiger partial charge on any atom is -0.493 e.